The minimum atomic E-state index is 0.371. The number of halogens is 1. The zero-order chi connectivity index (χ0) is 10.1. The van der Waals surface area contributed by atoms with Gasteiger partial charge in [0.1, 0.15) is 0 Å². The average Bonchev–Trinajstić information content (AvgIpc) is 2.57. The van der Waals surface area contributed by atoms with Crippen LogP contribution in [0.25, 0.3) is 0 Å². The van der Waals surface area contributed by atoms with Crippen LogP contribution < -0.4 is 5.73 Å². The number of aryl methyl sites for hydroxylation is 1. The Hall–Kier alpha value is -0.340. The Morgan fingerprint density at radius 1 is 1.36 bits per heavy atom. The second-order valence-electron chi connectivity index (χ2n) is 4.21. The molecule has 2 heteroatoms. The van der Waals surface area contributed by atoms with Crippen molar-refractivity contribution in [1.29, 1.82) is 0 Å². The van der Waals surface area contributed by atoms with Gasteiger partial charge in [-0.05, 0) is 42.9 Å². The zero-order valence-corrected chi connectivity index (χ0v) is 10.0. The van der Waals surface area contributed by atoms with Crippen LogP contribution >= 0.6 is 15.9 Å². The summed E-state index contributed by atoms with van der Waals surface area (Å²) in [6, 6.07) is 6.97. The smallest absolute Gasteiger partial charge is 0.0204 e. The maximum atomic E-state index is 6.09. The van der Waals surface area contributed by atoms with Crippen LogP contribution in [-0.2, 0) is 0 Å². The van der Waals surface area contributed by atoms with Crippen molar-refractivity contribution >= 4 is 15.9 Å². The van der Waals surface area contributed by atoms with Crippen LogP contribution in [0.5, 0.6) is 0 Å². The summed E-state index contributed by atoms with van der Waals surface area (Å²) < 4.78 is 1.19. The van der Waals surface area contributed by atoms with E-state index in [-0.39, 0.29) is 0 Å². The molecule has 1 nitrogen and oxygen atoms in total. The Balaban J connectivity index is 2.28. The molecule has 0 saturated heterocycles. The molecule has 76 valence electrons. The molecule has 1 aliphatic rings. The van der Waals surface area contributed by atoms with Gasteiger partial charge in [0.15, 0.2) is 0 Å². The lowest BCUT2D eigenvalue weighted by Gasteiger charge is -2.16. The van der Waals surface area contributed by atoms with E-state index in [1.54, 1.807) is 0 Å². The van der Waals surface area contributed by atoms with Gasteiger partial charge in [-0.3, -0.25) is 0 Å². The summed E-state index contributed by atoms with van der Waals surface area (Å²) in [5.41, 5.74) is 8.81. The Labute approximate surface area is 93.8 Å². The van der Waals surface area contributed by atoms with Crippen molar-refractivity contribution in [2.45, 2.75) is 38.1 Å². The maximum Gasteiger partial charge on any atom is 0.0204 e. The lowest BCUT2D eigenvalue weighted by atomic mass is 9.93. The summed E-state index contributed by atoms with van der Waals surface area (Å²) in [7, 11) is 0. The number of hydrogen-bond donors (Lipinski definition) is 1. The highest BCUT2D eigenvalue weighted by molar-refractivity contribution is 9.10. The van der Waals surface area contributed by atoms with Crippen molar-refractivity contribution < 1.29 is 0 Å². The third kappa shape index (κ3) is 1.86. The van der Waals surface area contributed by atoms with E-state index in [4.69, 9.17) is 5.73 Å². The summed E-state index contributed by atoms with van der Waals surface area (Å²) in [5, 5.41) is 0. The molecule has 14 heavy (non-hydrogen) atoms. The molecule has 1 aromatic rings. The van der Waals surface area contributed by atoms with E-state index in [9.17, 15) is 0 Å². The first-order valence-electron chi connectivity index (χ1n) is 5.20. The van der Waals surface area contributed by atoms with Gasteiger partial charge in [0.25, 0.3) is 0 Å². The van der Waals surface area contributed by atoms with Gasteiger partial charge in [-0.2, -0.15) is 0 Å². The maximum absolute atomic E-state index is 6.09. The highest BCUT2D eigenvalue weighted by Crippen LogP contribution is 2.34. The summed E-state index contributed by atoms with van der Waals surface area (Å²) in [4.78, 5) is 0. The second kappa shape index (κ2) is 4.03. The van der Waals surface area contributed by atoms with Gasteiger partial charge in [0.05, 0.1) is 0 Å². The molecule has 2 N–H and O–H groups in total. The Morgan fingerprint density at radius 3 is 2.71 bits per heavy atom. The topological polar surface area (TPSA) is 26.0 Å². The molecule has 0 bridgehead atoms. The number of hydrogen-bond acceptors (Lipinski definition) is 1. The SMILES string of the molecule is Cc1cc(C2CCCC2N)ccc1Br. The quantitative estimate of drug-likeness (QED) is 0.817. The molecule has 1 fully saturated rings. The highest BCUT2D eigenvalue weighted by Gasteiger charge is 2.25. The van der Waals surface area contributed by atoms with E-state index < -0.39 is 0 Å². The van der Waals surface area contributed by atoms with Crippen molar-refractivity contribution in [3.8, 4) is 0 Å². The van der Waals surface area contributed by atoms with Crippen LogP contribution in [0.15, 0.2) is 22.7 Å². The van der Waals surface area contributed by atoms with Crippen molar-refractivity contribution in [3.63, 3.8) is 0 Å². The third-order valence-electron chi connectivity index (χ3n) is 3.18. The number of nitrogens with two attached hydrogens (primary N) is 1. The number of benzene rings is 1. The van der Waals surface area contributed by atoms with Gasteiger partial charge in [0, 0.05) is 10.5 Å². The van der Waals surface area contributed by atoms with E-state index in [0.717, 1.165) is 0 Å². The van der Waals surface area contributed by atoms with E-state index in [0.29, 0.717) is 12.0 Å². The lowest BCUT2D eigenvalue weighted by molar-refractivity contribution is 0.612. The fraction of sp³-hybridized carbons (Fsp3) is 0.500. The van der Waals surface area contributed by atoms with Crippen LogP contribution in [0.4, 0.5) is 0 Å². The molecule has 1 aromatic carbocycles. The molecule has 1 aliphatic carbocycles. The van der Waals surface area contributed by atoms with E-state index in [1.165, 1.54) is 34.9 Å². The first kappa shape index (κ1) is 10.2. The molecule has 0 spiro atoms. The first-order valence-corrected chi connectivity index (χ1v) is 5.99. The zero-order valence-electron chi connectivity index (χ0n) is 8.46. The van der Waals surface area contributed by atoms with Crippen molar-refractivity contribution in [2.24, 2.45) is 5.73 Å². The lowest BCUT2D eigenvalue weighted by Crippen LogP contribution is -2.22. The first-order chi connectivity index (χ1) is 6.68. The second-order valence-corrected chi connectivity index (χ2v) is 5.06. The standard InChI is InChI=1S/C12H16BrN/c1-8-7-9(5-6-11(8)13)10-3-2-4-12(10)14/h5-7,10,12H,2-4,14H2,1H3. The Morgan fingerprint density at radius 2 is 2.14 bits per heavy atom. The van der Waals surface area contributed by atoms with Gasteiger partial charge in [0.2, 0.25) is 0 Å². The molecule has 2 atom stereocenters. The highest BCUT2D eigenvalue weighted by atomic mass is 79.9. The fourth-order valence-electron chi connectivity index (χ4n) is 2.30. The molecule has 2 rings (SSSR count). The van der Waals surface area contributed by atoms with Gasteiger partial charge in [-0.15, -0.1) is 0 Å². The van der Waals surface area contributed by atoms with Crippen LogP contribution in [0, 0.1) is 6.92 Å². The van der Waals surface area contributed by atoms with Crippen LogP contribution in [0.3, 0.4) is 0 Å². The molecule has 0 amide bonds. The Bertz CT molecular complexity index is 335. The summed E-state index contributed by atoms with van der Waals surface area (Å²) in [6.45, 7) is 2.13. The summed E-state index contributed by atoms with van der Waals surface area (Å²) in [5.74, 6) is 0.585. The normalized spacial score (nSPS) is 26.8. The predicted molar refractivity (Wildman–Crippen MR) is 63.4 cm³/mol. The van der Waals surface area contributed by atoms with E-state index in [2.05, 4.69) is 41.1 Å². The minimum absolute atomic E-state index is 0.371. The van der Waals surface area contributed by atoms with Gasteiger partial charge < -0.3 is 5.73 Å². The molecule has 0 aromatic heterocycles. The van der Waals surface area contributed by atoms with Crippen molar-refractivity contribution in [2.75, 3.05) is 0 Å². The average molecular weight is 254 g/mol. The van der Waals surface area contributed by atoms with Gasteiger partial charge >= 0.3 is 0 Å². The molecule has 0 aliphatic heterocycles. The van der Waals surface area contributed by atoms with Crippen molar-refractivity contribution in [3.05, 3.63) is 33.8 Å². The molecule has 1 saturated carbocycles. The number of rotatable bonds is 1. The third-order valence-corrected chi connectivity index (χ3v) is 4.07. The largest absolute Gasteiger partial charge is 0.327 e. The van der Waals surface area contributed by atoms with Gasteiger partial charge in [-0.25, -0.2) is 0 Å². The molecule has 0 heterocycles. The van der Waals surface area contributed by atoms with Crippen molar-refractivity contribution in [1.82, 2.24) is 0 Å². The van der Waals surface area contributed by atoms with Crippen LogP contribution in [0.2, 0.25) is 0 Å². The monoisotopic (exact) mass is 253 g/mol. The fourth-order valence-corrected chi connectivity index (χ4v) is 2.55. The summed E-state index contributed by atoms with van der Waals surface area (Å²) >= 11 is 3.52. The van der Waals surface area contributed by atoms with Crippen LogP contribution in [0.1, 0.15) is 36.3 Å². The predicted octanol–water partition coefficient (Wildman–Crippen LogP) is 3.35. The minimum Gasteiger partial charge on any atom is -0.327 e. The van der Waals surface area contributed by atoms with E-state index in [1.807, 2.05) is 0 Å². The molecular weight excluding hydrogens is 238 g/mol. The summed E-state index contributed by atoms with van der Waals surface area (Å²) in [6.07, 6.45) is 3.71. The van der Waals surface area contributed by atoms with E-state index >= 15 is 0 Å². The molecular formula is C12H16BrN. The molecule has 0 radical (unpaired) electrons. The van der Waals surface area contributed by atoms with Crippen LogP contribution in [-0.4, -0.2) is 6.04 Å². The van der Waals surface area contributed by atoms with Gasteiger partial charge in [-0.1, -0.05) is 34.5 Å². The Kier molecular flexibility index (Phi) is 2.93. The molecule has 2 unspecified atom stereocenters.